The van der Waals surface area contributed by atoms with E-state index in [-0.39, 0.29) is 5.71 Å². The standard InChI is InChI=1S/C12H11F3N2O2/c1-7(11(18)19)10(12(13,14)15)17-8(2)9-4-3-5-16-6-9/h3-6H,1-2H3,(H,18,19)/b10-7+,17-8?. The summed E-state index contributed by atoms with van der Waals surface area (Å²) in [4.78, 5) is 17.8. The Bertz CT molecular complexity index is 534. The van der Waals surface area contributed by atoms with Crippen molar-refractivity contribution in [2.45, 2.75) is 20.0 Å². The number of aliphatic imine (C=N–C) groups is 1. The van der Waals surface area contributed by atoms with E-state index in [0.29, 0.717) is 5.56 Å². The third kappa shape index (κ3) is 3.90. The van der Waals surface area contributed by atoms with Crippen molar-refractivity contribution in [1.82, 2.24) is 4.98 Å². The summed E-state index contributed by atoms with van der Waals surface area (Å²) in [5, 5.41) is 8.66. The second-order valence-corrected chi connectivity index (χ2v) is 3.72. The van der Waals surface area contributed by atoms with Gasteiger partial charge in [0.1, 0.15) is 0 Å². The predicted molar refractivity (Wildman–Crippen MR) is 62.8 cm³/mol. The molecule has 4 nitrogen and oxygen atoms in total. The SMILES string of the molecule is CC(=N/C(=C(\C)C(=O)O)C(F)(F)F)c1cccnc1. The molecule has 1 heterocycles. The monoisotopic (exact) mass is 272 g/mol. The molecule has 0 aliphatic carbocycles. The minimum Gasteiger partial charge on any atom is -0.478 e. The van der Waals surface area contributed by atoms with Gasteiger partial charge in [-0.1, -0.05) is 6.07 Å². The molecule has 0 saturated heterocycles. The lowest BCUT2D eigenvalue weighted by Crippen LogP contribution is -2.17. The van der Waals surface area contributed by atoms with E-state index in [2.05, 4.69) is 9.98 Å². The summed E-state index contributed by atoms with van der Waals surface area (Å²) in [6.07, 6.45) is -2.01. The van der Waals surface area contributed by atoms with Crippen LogP contribution < -0.4 is 0 Å². The van der Waals surface area contributed by atoms with E-state index in [9.17, 15) is 18.0 Å². The van der Waals surface area contributed by atoms with Crippen LogP contribution in [-0.2, 0) is 4.79 Å². The molecule has 1 aromatic heterocycles. The number of nitrogens with zero attached hydrogens (tertiary/aromatic N) is 2. The van der Waals surface area contributed by atoms with Crippen LogP contribution in [0.25, 0.3) is 0 Å². The molecular formula is C12H11F3N2O2. The number of carbonyl (C=O) groups is 1. The maximum Gasteiger partial charge on any atom is 0.433 e. The molecule has 0 aromatic carbocycles. The summed E-state index contributed by atoms with van der Waals surface area (Å²) in [7, 11) is 0. The largest absolute Gasteiger partial charge is 0.478 e. The van der Waals surface area contributed by atoms with Crippen LogP contribution in [0.2, 0.25) is 0 Å². The fourth-order valence-corrected chi connectivity index (χ4v) is 1.27. The van der Waals surface area contributed by atoms with Crippen molar-refractivity contribution in [3.05, 3.63) is 41.4 Å². The molecule has 19 heavy (non-hydrogen) atoms. The number of aromatic nitrogens is 1. The Balaban J connectivity index is 3.31. The van der Waals surface area contributed by atoms with Gasteiger partial charge in [-0.3, -0.25) is 4.98 Å². The van der Waals surface area contributed by atoms with Crippen molar-refractivity contribution in [1.29, 1.82) is 0 Å². The molecule has 0 radical (unpaired) electrons. The first-order valence-corrected chi connectivity index (χ1v) is 5.20. The molecule has 1 N–H and O–H groups in total. The second-order valence-electron chi connectivity index (χ2n) is 3.72. The average Bonchev–Trinajstić information content (AvgIpc) is 2.34. The Kier molecular flexibility index (Phi) is 4.42. The molecule has 0 saturated carbocycles. The Labute approximate surface area is 107 Å². The highest BCUT2D eigenvalue weighted by molar-refractivity contribution is 5.99. The topological polar surface area (TPSA) is 62.5 Å². The van der Waals surface area contributed by atoms with Crippen molar-refractivity contribution in [3.63, 3.8) is 0 Å². The van der Waals surface area contributed by atoms with Crippen LogP contribution in [0.1, 0.15) is 19.4 Å². The van der Waals surface area contributed by atoms with E-state index in [4.69, 9.17) is 5.11 Å². The highest BCUT2D eigenvalue weighted by Gasteiger charge is 2.37. The van der Waals surface area contributed by atoms with Gasteiger partial charge in [-0.25, -0.2) is 9.79 Å². The molecule has 0 unspecified atom stereocenters. The highest BCUT2D eigenvalue weighted by atomic mass is 19.4. The van der Waals surface area contributed by atoms with Crippen molar-refractivity contribution >= 4 is 11.7 Å². The highest BCUT2D eigenvalue weighted by Crippen LogP contribution is 2.30. The number of halogens is 3. The summed E-state index contributed by atoms with van der Waals surface area (Å²) in [6.45, 7) is 2.23. The van der Waals surface area contributed by atoms with E-state index in [1.807, 2.05) is 0 Å². The van der Waals surface area contributed by atoms with Gasteiger partial charge in [0.2, 0.25) is 0 Å². The smallest absolute Gasteiger partial charge is 0.433 e. The fraction of sp³-hybridized carbons (Fsp3) is 0.250. The minimum absolute atomic E-state index is 0.0426. The summed E-state index contributed by atoms with van der Waals surface area (Å²) in [6, 6.07) is 3.09. The van der Waals surface area contributed by atoms with Crippen LogP contribution >= 0.6 is 0 Å². The molecule has 0 atom stereocenters. The zero-order valence-corrected chi connectivity index (χ0v) is 10.2. The number of carboxylic acids is 1. The maximum atomic E-state index is 12.8. The number of allylic oxidation sites excluding steroid dienone is 1. The zero-order valence-electron chi connectivity index (χ0n) is 10.2. The van der Waals surface area contributed by atoms with Crippen molar-refractivity contribution in [2.75, 3.05) is 0 Å². The van der Waals surface area contributed by atoms with E-state index in [1.165, 1.54) is 25.4 Å². The molecule has 0 fully saturated rings. The fourth-order valence-electron chi connectivity index (χ4n) is 1.27. The average molecular weight is 272 g/mol. The van der Waals surface area contributed by atoms with E-state index >= 15 is 0 Å². The molecule has 7 heteroatoms. The Morgan fingerprint density at radius 1 is 1.37 bits per heavy atom. The van der Waals surface area contributed by atoms with E-state index < -0.39 is 23.4 Å². The van der Waals surface area contributed by atoms with Crippen LogP contribution in [0, 0.1) is 0 Å². The molecule has 0 aliphatic heterocycles. The van der Waals surface area contributed by atoms with Gasteiger partial charge in [0.25, 0.3) is 0 Å². The van der Waals surface area contributed by atoms with Crippen LogP contribution in [-0.4, -0.2) is 27.9 Å². The molecule has 102 valence electrons. The van der Waals surface area contributed by atoms with Gasteiger partial charge >= 0.3 is 12.1 Å². The van der Waals surface area contributed by atoms with Gasteiger partial charge < -0.3 is 5.11 Å². The van der Waals surface area contributed by atoms with Crippen LogP contribution in [0.4, 0.5) is 13.2 Å². The lowest BCUT2D eigenvalue weighted by molar-refractivity contribution is -0.134. The second kappa shape index (κ2) is 5.64. The van der Waals surface area contributed by atoms with Crippen LogP contribution in [0.15, 0.2) is 40.8 Å². The Morgan fingerprint density at radius 2 is 2.00 bits per heavy atom. The third-order valence-electron chi connectivity index (χ3n) is 2.30. The molecule has 1 aromatic rings. The summed E-state index contributed by atoms with van der Waals surface area (Å²) in [5.41, 5.74) is -1.83. The number of alkyl halides is 3. The first-order valence-electron chi connectivity index (χ1n) is 5.20. The van der Waals surface area contributed by atoms with Crippen molar-refractivity contribution in [2.24, 2.45) is 4.99 Å². The Morgan fingerprint density at radius 3 is 2.42 bits per heavy atom. The first kappa shape index (κ1) is 14.9. The number of hydrogen-bond donors (Lipinski definition) is 1. The summed E-state index contributed by atoms with van der Waals surface area (Å²) in [5.74, 6) is -1.66. The van der Waals surface area contributed by atoms with Crippen LogP contribution in [0.3, 0.4) is 0 Å². The zero-order chi connectivity index (χ0) is 14.6. The lowest BCUT2D eigenvalue weighted by Gasteiger charge is -2.10. The quantitative estimate of drug-likeness (QED) is 0.679. The normalized spacial score (nSPS) is 14.1. The first-order chi connectivity index (χ1) is 8.73. The number of carboxylic acid groups (broad SMARTS) is 1. The van der Waals surface area contributed by atoms with E-state index in [1.54, 1.807) is 6.07 Å². The maximum absolute atomic E-state index is 12.8. The molecular weight excluding hydrogens is 261 g/mol. The van der Waals surface area contributed by atoms with Crippen molar-refractivity contribution in [3.8, 4) is 0 Å². The molecule has 0 amide bonds. The number of rotatable bonds is 3. The molecule has 0 spiro atoms. The van der Waals surface area contributed by atoms with E-state index in [0.717, 1.165) is 6.92 Å². The van der Waals surface area contributed by atoms with Gasteiger partial charge in [0, 0.05) is 23.7 Å². The van der Waals surface area contributed by atoms with Gasteiger partial charge in [-0.2, -0.15) is 13.2 Å². The summed E-state index contributed by atoms with van der Waals surface area (Å²) < 4.78 is 38.3. The Hall–Kier alpha value is -2.18. The van der Waals surface area contributed by atoms with Crippen molar-refractivity contribution < 1.29 is 23.1 Å². The minimum atomic E-state index is -4.83. The van der Waals surface area contributed by atoms with Gasteiger partial charge in [-0.05, 0) is 19.9 Å². The summed E-state index contributed by atoms with van der Waals surface area (Å²) >= 11 is 0. The molecule has 0 bridgehead atoms. The number of hydrogen-bond acceptors (Lipinski definition) is 3. The number of pyridine rings is 1. The van der Waals surface area contributed by atoms with Gasteiger partial charge in [0.15, 0.2) is 5.70 Å². The molecule has 0 aliphatic rings. The predicted octanol–water partition coefficient (Wildman–Crippen LogP) is 2.81. The van der Waals surface area contributed by atoms with Gasteiger partial charge in [0.05, 0.1) is 5.57 Å². The van der Waals surface area contributed by atoms with Gasteiger partial charge in [-0.15, -0.1) is 0 Å². The molecule has 1 rings (SSSR count). The third-order valence-corrected chi connectivity index (χ3v) is 2.30. The number of aliphatic carboxylic acids is 1. The lowest BCUT2D eigenvalue weighted by atomic mass is 10.2. The van der Waals surface area contributed by atoms with Crippen LogP contribution in [0.5, 0.6) is 0 Å².